The molecule has 3 nitrogen and oxygen atoms in total. The average Bonchev–Trinajstić information content (AvgIpc) is 2.45. The summed E-state index contributed by atoms with van der Waals surface area (Å²) in [4.78, 5) is 12.1. The molecule has 2 aromatic rings. The summed E-state index contributed by atoms with van der Waals surface area (Å²) in [6.45, 7) is 0. The van der Waals surface area contributed by atoms with E-state index in [2.05, 4.69) is 11.4 Å². The van der Waals surface area contributed by atoms with Crippen molar-refractivity contribution in [3.8, 4) is 6.07 Å². The molecule has 1 N–H and O–H groups in total. The van der Waals surface area contributed by atoms with Crippen LogP contribution in [-0.2, 0) is 6.42 Å². The third-order valence-electron chi connectivity index (χ3n) is 2.70. The second kappa shape index (κ2) is 6.42. The summed E-state index contributed by atoms with van der Waals surface area (Å²) in [6, 6.07) is 13.9. The molecule has 0 aliphatic heterocycles. The molecule has 100 valence electrons. The Morgan fingerprint density at radius 3 is 2.50 bits per heavy atom. The predicted molar refractivity (Wildman–Crippen MR) is 80.2 cm³/mol. The first-order valence-electron chi connectivity index (χ1n) is 5.83. The van der Waals surface area contributed by atoms with Gasteiger partial charge in [-0.1, -0.05) is 41.4 Å². The lowest BCUT2D eigenvalue weighted by molar-refractivity contribution is 0.102. The molecule has 20 heavy (non-hydrogen) atoms. The number of anilines is 1. The zero-order chi connectivity index (χ0) is 14.5. The van der Waals surface area contributed by atoms with Crippen molar-refractivity contribution in [1.82, 2.24) is 0 Å². The number of nitrogens with zero attached hydrogens (tertiary/aromatic N) is 1. The predicted octanol–water partition coefficient (Wildman–Crippen LogP) is 4.31. The maximum atomic E-state index is 12.1. The van der Waals surface area contributed by atoms with Gasteiger partial charge in [0, 0.05) is 5.56 Å². The van der Waals surface area contributed by atoms with Gasteiger partial charge in [-0.2, -0.15) is 5.26 Å². The number of rotatable bonds is 3. The summed E-state index contributed by atoms with van der Waals surface area (Å²) in [6.07, 6.45) is 0.321. The lowest BCUT2D eigenvalue weighted by Gasteiger charge is -2.08. The van der Waals surface area contributed by atoms with Gasteiger partial charge < -0.3 is 5.32 Å². The summed E-state index contributed by atoms with van der Waals surface area (Å²) >= 11 is 11.9. The summed E-state index contributed by atoms with van der Waals surface area (Å²) in [5, 5.41) is 12.0. The molecule has 0 heterocycles. The Labute approximate surface area is 126 Å². The fourth-order valence-corrected chi connectivity index (χ4v) is 2.01. The molecular formula is C15H10Cl2N2O. The van der Waals surface area contributed by atoms with Crippen LogP contribution in [0, 0.1) is 11.3 Å². The van der Waals surface area contributed by atoms with Crippen molar-refractivity contribution < 1.29 is 4.79 Å². The highest BCUT2D eigenvalue weighted by atomic mass is 35.5. The first kappa shape index (κ1) is 14.4. The van der Waals surface area contributed by atoms with Crippen LogP contribution < -0.4 is 5.32 Å². The number of nitriles is 1. The van der Waals surface area contributed by atoms with Gasteiger partial charge in [0.1, 0.15) is 0 Å². The number of hydrogen-bond acceptors (Lipinski definition) is 2. The smallest absolute Gasteiger partial charge is 0.255 e. The molecule has 0 spiro atoms. The number of halogens is 2. The normalized spacial score (nSPS) is 9.85. The van der Waals surface area contributed by atoms with E-state index in [1.165, 1.54) is 0 Å². The Morgan fingerprint density at radius 1 is 1.15 bits per heavy atom. The van der Waals surface area contributed by atoms with E-state index in [0.29, 0.717) is 27.7 Å². The fourth-order valence-electron chi connectivity index (χ4n) is 1.66. The number of carbonyl (C=O) groups is 1. The third kappa shape index (κ3) is 3.30. The molecule has 0 saturated carbocycles. The van der Waals surface area contributed by atoms with Gasteiger partial charge in [0.2, 0.25) is 0 Å². The standard InChI is InChI=1S/C15H10Cl2N2O/c16-12-2-1-3-13(14(12)17)19-15(20)11-6-4-10(5-7-11)8-9-18/h1-7H,8H2,(H,19,20). The van der Waals surface area contributed by atoms with E-state index in [4.69, 9.17) is 28.5 Å². The van der Waals surface area contributed by atoms with Crippen LogP contribution in [0.15, 0.2) is 42.5 Å². The molecule has 5 heteroatoms. The third-order valence-corrected chi connectivity index (χ3v) is 3.52. The van der Waals surface area contributed by atoms with E-state index < -0.39 is 0 Å². The molecular weight excluding hydrogens is 295 g/mol. The van der Waals surface area contributed by atoms with E-state index in [1.54, 1.807) is 42.5 Å². The van der Waals surface area contributed by atoms with Gasteiger partial charge in [0.05, 0.1) is 28.2 Å². The average molecular weight is 305 g/mol. The number of benzene rings is 2. The molecule has 0 bridgehead atoms. The molecule has 0 saturated heterocycles. The molecule has 1 amide bonds. The molecule has 0 aliphatic rings. The summed E-state index contributed by atoms with van der Waals surface area (Å²) in [5.41, 5.74) is 1.82. The van der Waals surface area contributed by atoms with Crippen LogP contribution in [0.3, 0.4) is 0 Å². The van der Waals surface area contributed by atoms with Gasteiger partial charge >= 0.3 is 0 Å². The van der Waals surface area contributed by atoms with E-state index in [-0.39, 0.29) is 5.91 Å². The second-order valence-corrected chi connectivity index (χ2v) is 4.87. The Balaban J connectivity index is 2.16. The monoisotopic (exact) mass is 304 g/mol. The van der Waals surface area contributed by atoms with E-state index in [0.717, 1.165) is 5.56 Å². The van der Waals surface area contributed by atoms with E-state index in [1.807, 2.05) is 0 Å². The van der Waals surface area contributed by atoms with Gasteiger partial charge in [-0.25, -0.2) is 0 Å². The van der Waals surface area contributed by atoms with Crippen LogP contribution in [0.4, 0.5) is 5.69 Å². The first-order valence-corrected chi connectivity index (χ1v) is 6.58. The minimum absolute atomic E-state index is 0.280. The van der Waals surface area contributed by atoms with Crippen LogP contribution in [0.2, 0.25) is 10.0 Å². The summed E-state index contributed by atoms with van der Waals surface area (Å²) < 4.78 is 0. The van der Waals surface area contributed by atoms with Crippen LogP contribution >= 0.6 is 23.2 Å². The van der Waals surface area contributed by atoms with Crippen molar-refractivity contribution in [1.29, 1.82) is 5.26 Å². The van der Waals surface area contributed by atoms with Crippen molar-refractivity contribution in [3.05, 3.63) is 63.6 Å². The zero-order valence-electron chi connectivity index (χ0n) is 10.4. The molecule has 0 radical (unpaired) electrons. The van der Waals surface area contributed by atoms with Gasteiger partial charge in [-0.3, -0.25) is 4.79 Å². The first-order chi connectivity index (χ1) is 9.61. The number of carbonyl (C=O) groups excluding carboxylic acids is 1. The van der Waals surface area contributed by atoms with Crippen molar-refractivity contribution in [2.75, 3.05) is 5.32 Å². The summed E-state index contributed by atoms with van der Waals surface area (Å²) in [7, 11) is 0. The molecule has 2 aromatic carbocycles. The van der Waals surface area contributed by atoms with E-state index >= 15 is 0 Å². The summed E-state index contributed by atoms with van der Waals surface area (Å²) in [5.74, 6) is -0.280. The van der Waals surface area contributed by atoms with Crippen molar-refractivity contribution in [2.45, 2.75) is 6.42 Å². The Kier molecular flexibility index (Phi) is 4.62. The van der Waals surface area contributed by atoms with Crippen molar-refractivity contribution >= 4 is 34.8 Å². The van der Waals surface area contributed by atoms with Crippen molar-refractivity contribution in [3.63, 3.8) is 0 Å². The number of amides is 1. The lowest BCUT2D eigenvalue weighted by atomic mass is 10.1. The Morgan fingerprint density at radius 2 is 1.85 bits per heavy atom. The minimum atomic E-state index is -0.280. The molecule has 2 rings (SSSR count). The van der Waals surface area contributed by atoms with Crippen LogP contribution in [0.5, 0.6) is 0 Å². The van der Waals surface area contributed by atoms with Gasteiger partial charge in [0.15, 0.2) is 0 Å². The topological polar surface area (TPSA) is 52.9 Å². The fraction of sp³-hybridized carbons (Fsp3) is 0.0667. The number of nitrogens with one attached hydrogen (secondary N) is 1. The highest BCUT2D eigenvalue weighted by Crippen LogP contribution is 2.29. The van der Waals surface area contributed by atoms with Gasteiger partial charge in [-0.05, 0) is 29.8 Å². The van der Waals surface area contributed by atoms with Gasteiger partial charge in [0.25, 0.3) is 5.91 Å². The molecule has 0 unspecified atom stereocenters. The van der Waals surface area contributed by atoms with Crippen molar-refractivity contribution in [2.24, 2.45) is 0 Å². The molecule has 0 atom stereocenters. The molecule has 0 aliphatic carbocycles. The second-order valence-electron chi connectivity index (χ2n) is 4.09. The molecule has 0 aromatic heterocycles. The zero-order valence-corrected chi connectivity index (χ0v) is 11.9. The van der Waals surface area contributed by atoms with Gasteiger partial charge in [-0.15, -0.1) is 0 Å². The van der Waals surface area contributed by atoms with Crippen LogP contribution in [0.1, 0.15) is 15.9 Å². The Bertz CT molecular complexity index is 675. The minimum Gasteiger partial charge on any atom is -0.321 e. The quantitative estimate of drug-likeness (QED) is 0.918. The Hall–Kier alpha value is -2.02. The highest BCUT2D eigenvalue weighted by Gasteiger charge is 2.10. The van der Waals surface area contributed by atoms with E-state index in [9.17, 15) is 4.79 Å². The molecule has 0 fully saturated rings. The largest absolute Gasteiger partial charge is 0.321 e. The van der Waals surface area contributed by atoms with Crippen LogP contribution in [-0.4, -0.2) is 5.91 Å². The lowest BCUT2D eigenvalue weighted by Crippen LogP contribution is -2.12. The maximum Gasteiger partial charge on any atom is 0.255 e. The SMILES string of the molecule is N#CCc1ccc(C(=O)Nc2cccc(Cl)c2Cl)cc1. The van der Waals surface area contributed by atoms with Crippen LogP contribution in [0.25, 0.3) is 0 Å². The highest BCUT2D eigenvalue weighted by molar-refractivity contribution is 6.44. The maximum absolute atomic E-state index is 12.1. The number of hydrogen-bond donors (Lipinski definition) is 1.